The highest BCUT2D eigenvalue weighted by Gasteiger charge is 2.36. The van der Waals surface area contributed by atoms with Crippen molar-refractivity contribution in [2.24, 2.45) is 29.6 Å². The Kier molecular flexibility index (Phi) is 53.7. The van der Waals surface area contributed by atoms with Gasteiger partial charge in [-0.1, -0.05) is 290 Å². The average Bonchev–Trinajstić information content (AvgIpc) is 0.893. The Balaban J connectivity index is 1.41. The molecule has 94 heavy (non-hydrogen) atoms. The summed E-state index contributed by atoms with van der Waals surface area (Å²) in [4.78, 5) is 53.2. The normalized spacial score (nSPS) is 22.2. The predicted octanol–water partition coefficient (Wildman–Crippen LogP) is 19.8. The van der Waals surface area contributed by atoms with Gasteiger partial charge >= 0.3 is 0 Å². The van der Waals surface area contributed by atoms with Crippen molar-refractivity contribution in [3.05, 3.63) is 0 Å². The molecular weight excluding hydrogens is 1170 g/mol. The molecule has 0 spiro atoms. The fourth-order valence-corrected chi connectivity index (χ4v) is 16.7. The molecule has 0 aromatic carbocycles. The number of carbonyl (C=O) groups is 4. The van der Waals surface area contributed by atoms with E-state index < -0.39 is 24.4 Å². The highest BCUT2D eigenvalue weighted by Crippen LogP contribution is 2.47. The lowest BCUT2D eigenvalue weighted by atomic mass is 9.63. The topological polar surface area (TPSA) is 206 Å². The zero-order valence-electron chi connectivity index (χ0n) is 61.8. The Morgan fingerprint density at radius 3 is 0.915 bits per heavy atom. The first-order valence-corrected chi connectivity index (χ1v) is 41.6. The van der Waals surface area contributed by atoms with Gasteiger partial charge in [-0.2, -0.15) is 0 Å². The second kappa shape index (κ2) is 58.7. The number of carbonyl (C=O) groups excluding carboxylic acids is 4. The van der Waals surface area contributed by atoms with Crippen LogP contribution in [-0.4, -0.2) is 98.2 Å². The molecule has 3 aliphatic carbocycles. The molecule has 12 nitrogen and oxygen atoms in total. The molecule has 3 rings (SSSR count). The predicted molar refractivity (Wildman–Crippen MR) is 393 cm³/mol. The molecule has 0 heterocycles. The van der Waals surface area contributed by atoms with Gasteiger partial charge in [0.2, 0.25) is 17.7 Å². The van der Waals surface area contributed by atoms with Crippen LogP contribution in [0, 0.1) is 29.6 Å². The molecule has 8 unspecified atom stereocenters. The number of aliphatic hydroxyl groups excluding tert-OH is 5. The first-order chi connectivity index (χ1) is 45.9. The smallest absolute Gasteiger partial charge is 0.220 e. The van der Waals surface area contributed by atoms with Crippen LogP contribution in [0.5, 0.6) is 0 Å². The van der Waals surface area contributed by atoms with Crippen LogP contribution in [0.25, 0.3) is 0 Å². The fraction of sp³-hybridized carbons (Fsp3) is 0.951. The first kappa shape index (κ1) is 86.1. The molecule has 552 valence electrons. The quantitative estimate of drug-likeness (QED) is 0.0272. The summed E-state index contributed by atoms with van der Waals surface area (Å²) < 4.78 is 0. The maximum Gasteiger partial charge on any atom is 0.220 e. The molecule has 3 fully saturated rings. The van der Waals surface area contributed by atoms with Crippen molar-refractivity contribution in [2.75, 3.05) is 6.61 Å². The summed E-state index contributed by atoms with van der Waals surface area (Å²) in [6.45, 7) is 7.04. The second-order valence-electron chi connectivity index (χ2n) is 31.1. The standard InChI is InChI=1S/C82H155N3O9/c1-4-7-10-13-18-30-47-67-64-69(49-32-24-26-34-52-72(87)66-71-51-42-43-53-73(71)83-80(92)60-39-22-15-20-36-57-77(89)76(88)56-35-17-12-9-6-3)70(65-68(67)48-31-19-14-11-8-5-2)50-33-25-27-41-62-82(94)85-75-55-45-44-54-74(75)84-81(93)61-40-23-16-21-37-58-78(90)79(91)59-38-28-29-46-63-86/h67-71,73-79,86,88-91H,4-66H2,1-3H3,(H,83,92)(H,84,93)(H,85,94)/t67?,68?,69?,70?,71-,73-,74+,75-,76?,77?,78?,79?/m0/s1. The highest BCUT2D eigenvalue weighted by atomic mass is 16.3. The monoisotopic (exact) mass is 1330 g/mol. The second-order valence-corrected chi connectivity index (χ2v) is 31.1. The van der Waals surface area contributed by atoms with E-state index in [0.717, 1.165) is 203 Å². The molecular formula is C82H155N3O9. The molecule has 3 saturated carbocycles. The largest absolute Gasteiger partial charge is 0.396 e. The van der Waals surface area contributed by atoms with E-state index in [1.807, 2.05) is 0 Å². The van der Waals surface area contributed by atoms with E-state index in [4.69, 9.17) is 5.11 Å². The summed E-state index contributed by atoms with van der Waals surface area (Å²) in [5, 5.41) is 60.4. The Hall–Kier alpha value is -2.12. The van der Waals surface area contributed by atoms with Crippen molar-refractivity contribution in [2.45, 2.75) is 461 Å². The molecule has 12 heteroatoms. The van der Waals surface area contributed by atoms with Crippen molar-refractivity contribution in [3.8, 4) is 0 Å². The van der Waals surface area contributed by atoms with E-state index in [1.165, 1.54) is 161 Å². The SMILES string of the molecule is CCCCCCCCC1CC(CCCCCCC(=O)C[C@@H]2CCCC[C@@H]2NC(=O)CCCCCCCC(O)C(O)CCCCCCC)C(CCCCCCC(=O)N[C@H]2CCCC[C@H]2NC(=O)CCCCCCCC(O)C(O)CCCCCCO)CC1CCCCCCCC. The Bertz CT molecular complexity index is 1680. The number of unbranched alkanes of at least 4 members (excludes halogenated alkanes) is 31. The van der Waals surface area contributed by atoms with Gasteiger partial charge in [0.1, 0.15) is 5.78 Å². The first-order valence-electron chi connectivity index (χ1n) is 41.6. The van der Waals surface area contributed by atoms with E-state index in [9.17, 15) is 39.6 Å². The van der Waals surface area contributed by atoms with Gasteiger partial charge in [0.25, 0.3) is 0 Å². The maximum atomic E-state index is 13.5. The van der Waals surface area contributed by atoms with Crippen LogP contribution in [-0.2, 0) is 19.2 Å². The van der Waals surface area contributed by atoms with Gasteiger partial charge in [-0.05, 0) is 126 Å². The van der Waals surface area contributed by atoms with E-state index in [2.05, 4.69) is 36.7 Å². The van der Waals surface area contributed by atoms with E-state index in [1.54, 1.807) is 0 Å². The summed E-state index contributed by atoms with van der Waals surface area (Å²) in [5.41, 5.74) is 0. The minimum atomic E-state index is -0.684. The van der Waals surface area contributed by atoms with E-state index in [0.29, 0.717) is 63.6 Å². The molecule has 3 amide bonds. The minimum Gasteiger partial charge on any atom is -0.396 e. The summed E-state index contributed by atoms with van der Waals surface area (Å²) >= 11 is 0. The highest BCUT2D eigenvalue weighted by molar-refractivity contribution is 5.79. The third-order valence-corrected chi connectivity index (χ3v) is 22.8. The van der Waals surface area contributed by atoms with Crippen LogP contribution < -0.4 is 16.0 Å². The van der Waals surface area contributed by atoms with E-state index >= 15 is 0 Å². The van der Waals surface area contributed by atoms with Crippen LogP contribution in [0.15, 0.2) is 0 Å². The molecule has 0 saturated heterocycles. The van der Waals surface area contributed by atoms with Crippen molar-refractivity contribution < 1.29 is 44.7 Å². The Labute approximate surface area is 579 Å². The minimum absolute atomic E-state index is 0.00233. The van der Waals surface area contributed by atoms with Crippen LogP contribution in [0.4, 0.5) is 0 Å². The van der Waals surface area contributed by atoms with Gasteiger partial charge in [0.05, 0.1) is 24.4 Å². The number of aliphatic hydroxyl groups is 5. The average molecular weight is 1330 g/mol. The van der Waals surface area contributed by atoms with E-state index in [-0.39, 0.29) is 48.4 Å². The van der Waals surface area contributed by atoms with Gasteiger partial charge in [-0.25, -0.2) is 0 Å². The Morgan fingerprint density at radius 2 is 0.574 bits per heavy atom. The van der Waals surface area contributed by atoms with Crippen molar-refractivity contribution >= 4 is 23.5 Å². The number of nitrogens with one attached hydrogen (secondary N) is 3. The fourth-order valence-electron chi connectivity index (χ4n) is 16.7. The number of hydrogen-bond acceptors (Lipinski definition) is 9. The maximum absolute atomic E-state index is 13.5. The summed E-state index contributed by atoms with van der Waals surface area (Å²) in [6, 6.07) is 0.115. The Morgan fingerprint density at radius 1 is 0.309 bits per heavy atom. The number of amides is 3. The van der Waals surface area contributed by atoms with Gasteiger partial charge in [-0.15, -0.1) is 0 Å². The van der Waals surface area contributed by atoms with Crippen molar-refractivity contribution in [3.63, 3.8) is 0 Å². The van der Waals surface area contributed by atoms with Gasteiger partial charge in [0.15, 0.2) is 0 Å². The van der Waals surface area contributed by atoms with Gasteiger partial charge in [-0.3, -0.25) is 19.2 Å². The summed E-state index contributed by atoms with van der Waals surface area (Å²) in [5.74, 6) is 4.30. The summed E-state index contributed by atoms with van der Waals surface area (Å²) in [6.07, 6.45) is 63.6. The third-order valence-electron chi connectivity index (χ3n) is 22.8. The lowest BCUT2D eigenvalue weighted by molar-refractivity contribution is -0.125. The molecule has 0 aromatic heterocycles. The van der Waals surface area contributed by atoms with Crippen molar-refractivity contribution in [1.29, 1.82) is 0 Å². The van der Waals surface area contributed by atoms with Crippen LogP contribution in [0.3, 0.4) is 0 Å². The molecule has 12 atom stereocenters. The van der Waals surface area contributed by atoms with Crippen LogP contribution >= 0.6 is 0 Å². The molecule has 0 aromatic rings. The molecule has 0 bridgehead atoms. The molecule has 8 N–H and O–H groups in total. The lowest BCUT2D eigenvalue weighted by Gasteiger charge is -2.42. The van der Waals surface area contributed by atoms with Crippen molar-refractivity contribution in [1.82, 2.24) is 16.0 Å². The third kappa shape index (κ3) is 43.4. The zero-order valence-corrected chi connectivity index (χ0v) is 61.8. The number of hydrogen-bond donors (Lipinski definition) is 8. The number of rotatable bonds is 63. The van der Waals surface area contributed by atoms with Crippen LogP contribution in [0.2, 0.25) is 0 Å². The van der Waals surface area contributed by atoms with Gasteiger partial charge < -0.3 is 41.5 Å². The lowest BCUT2D eigenvalue weighted by Crippen LogP contribution is -2.53. The summed E-state index contributed by atoms with van der Waals surface area (Å²) in [7, 11) is 0. The zero-order chi connectivity index (χ0) is 67.9. The molecule has 3 aliphatic rings. The van der Waals surface area contributed by atoms with Crippen LogP contribution in [0.1, 0.15) is 419 Å². The number of ketones is 1. The molecule has 0 aliphatic heterocycles. The number of Topliss-reactive ketones (excluding diaryl/α,β-unsaturated/α-hetero) is 1. The van der Waals surface area contributed by atoms with Gasteiger partial charge in [0, 0.05) is 56.8 Å². The molecule has 0 radical (unpaired) electrons.